The van der Waals surface area contributed by atoms with E-state index in [9.17, 15) is 9.59 Å². The van der Waals surface area contributed by atoms with Gasteiger partial charge in [-0.2, -0.15) is 0 Å². The average Bonchev–Trinajstić information content (AvgIpc) is 3.02. The molecule has 1 unspecified atom stereocenters. The van der Waals surface area contributed by atoms with Crippen LogP contribution in [0.1, 0.15) is 13.8 Å². The summed E-state index contributed by atoms with van der Waals surface area (Å²) in [6.45, 7) is 3.89. The molecule has 0 amide bonds. The van der Waals surface area contributed by atoms with Gasteiger partial charge in [-0.15, -0.1) is 0 Å². The van der Waals surface area contributed by atoms with Gasteiger partial charge in [0, 0.05) is 5.70 Å². The molecule has 0 saturated carbocycles. The Kier molecular flexibility index (Phi) is 2.90. The number of carbonyl (C=O) groups is 2. The summed E-state index contributed by atoms with van der Waals surface area (Å²) >= 11 is 0. The third-order valence-corrected chi connectivity index (χ3v) is 3.89. The Labute approximate surface area is 121 Å². The van der Waals surface area contributed by atoms with E-state index >= 15 is 0 Å². The fraction of sp³-hybridized carbons (Fsp3) is 0.333. The molecule has 2 aliphatic rings. The first-order valence-corrected chi connectivity index (χ1v) is 6.58. The molecule has 1 atom stereocenters. The van der Waals surface area contributed by atoms with Crippen molar-refractivity contribution in [2.45, 2.75) is 19.9 Å². The Balaban J connectivity index is 2.36. The number of carbonyl (C=O) groups excluding carboxylic acids is 2. The zero-order chi connectivity index (χ0) is 15.3. The van der Waals surface area contributed by atoms with E-state index in [1.165, 1.54) is 14.2 Å². The Bertz CT molecular complexity index is 800. The van der Waals surface area contributed by atoms with Crippen molar-refractivity contribution in [3.05, 3.63) is 34.6 Å². The second kappa shape index (κ2) is 4.51. The first-order valence-electron chi connectivity index (χ1n) is 6.58. The maximum absolute atomic E-state index is 12.2. The number of hydrogen-bond acceptors (Lipinski definition) is 5. The lowest BCUT2D eigenvalue weighted by atomic mass is 10.1. The summed E-state index contributed by atoms with van der Waals surface area (Å²) in [6, 6.07) is 2.94. The Morgan fingerprint density at radius 3 is 2.38 bits per heavy atom. The quantitative estimate of drug-likeness (QED) is 0.680. The largest absolute Gasteiger partial charge is 0.467 e. The number of hydrogen-bond donors (Lipinski definition) is 0. The predicted molar refractivity (Wildman–Crippen MR) is 76.0 cm³/mol. The topological polar surface area (TPSA) is 60.8 Å². The maximum Gasteiger partial charge on any atom is 0.338 e. The molecule has 0 radical (unpaired) electrons. The lowest BCUT2D eigenvalue weighted by molar-refractivity contribution is -0.142. The molecule has 0 bridgehead atoms. The van der Waals surface area contributed by atoms with E-state index in [1.54, 1.807) is 5.01 Å². The monoisotopic (exact) mass is 288 g/mol. The fourth-order valence-electron chi connectivity index (χ4n) is 3.01. The molecular formula is C15H16N2O4. The summed E-state index contributed by atoms with van der Waals surface area (Å²) in [5.74, 6) is -1.01. The van der Waals surface area contributed by atoms with Crippen molar-refractivity contribution in [3.8, 4) is 0 Å². The van der Waals surface area contributed by atoms with Crippen LogP contribution in [0.5, 0.6) is 0 Å². The molecule has 3 heterocycles. The number of allylic oxidation sites excluding steroid dienone is 2. The highest BCUT2D eigenvalue weighted by Gasteiger charge is 2.43. The van der Waals surface area contributed by atoms with E-state index in [4.69, 9.17) is 9.47 Å². The Morgan fingerprint density at radius 1 is 1.10 bits per heavy atom. The molecule has 0 N–H and O–H groups in total. The highest BCUT2D eigenvalue weighted by atomic mass is 16.5. The fourth-order valence-corrected chi connectivity index (χ4v) is 3.01. The minimum absolute atomic E-state index is 0.304. The SMILES string of the molecule is COC(=O)C1=c2ccc3n2N(C(C)=CC=3C)C1C(=O)OC. The van der Waals surface area contributed by atoms with Crippen LogP contribution >= 0.6 is 0 Å². The summed E-state index contributed by atoms with van der Waals surface area (Å²) in [6.07, 6.45) is 1.98. The highest BCUT2D eigenvalue weighted by Crippen LogP contribution is 2.24. The first-order chi connectivity index (χ1) is 10.0. The van der Waals surface area contributed by atoms with Crippen LogP contribution in [0.15, 0.2) is 23.9 Å². The lowest BCUT2D eigenvalue weighted by Gasteiger charge is -2.31. The third-order valence-electron chi connectivity index (χ3n) is 3.89. The summed E-state index contributed by atoms with van der Waals surface area (Å²) in [4.78, 5) is 24.4. The van der Waals surface area contributed by atoms with Crippen molar-refractivity contribution in [1.82, 2.24) is 4.68 Å². The highest BCUT2D eigenvalue weighted by molar-refractivity contribution is 6.18. The molecule has 1 aromatic heterocycles. The van der Waals surface area contributed by atoms with Gasteiger partial charge in [0.15, 0.2) is 6.04 Å². The average molecular weight is 288 g/mol. The molecule has 0 spiro atoms. The van der Waals surface area contributed by atoms with E-state index in [-0.39, 0.29) is 0 Å². The molecule has 110 valence electrons. The van der Waals surface area contributed by atoms with Crippen LogP contribution in [0.4, 0.5) is 0 Å². The molecule has 0 saturated heterocycles. The van der Waals surface area contributed by atoms with E-state index in [2.05, 4.69) is 0 Å². The van der Waals surface area contributed by atoms with Crippen LogP contribution in [0.2, 0.25) is 0 Å². The molecule has 6 nitrogen and oxygen atoms in total. The normalized spacial score (nSPS) is 19.3. The van der Waals surface area contributed by atoms with Gasteiger partial charge in [-0.3, -0.25) is 9.69 Å². The Hall–Kier alpha value is -2.50. The smallest absolute Gasteiger partial charge is 0.338 e. The molecule has 1 aromatic rings. The van der Waals surface area contributed by atoms with Gasteiger partial charge >= 0.3 is 11.9 Å². The summed E-state index contributed by atoms with van der Waals surface area (Å²) in [5.41, 5.74) is 2.24. The zero-order valence-electron chi connectivity index (χ0n) is 12.3. The molecule has 6 heteroatoms. The number of aromatic nitrogens is 1. The predicted octanol–water partition coefficient (Wildman–Crippen LogP) is -0.607. The van der Waals surface area contributed by atoms with Gasteiger partial charge < -0.3 is 9.47 Å². The molecule has 2 aliphatic heterocycles. The van der Waals surface area contributed by atoms with E-state index < -0.39 is 18.0 Å². The summed E-state index contributed by atoms with van der Waals surface area (Å²) in [5, 5.41) is 3.39. The van der Waals surface area contributed by atoms with Gasteiger partial charge in [-0.05, 0) is 37.6 Å². The first kappa shape index (κ1) is 13.5. The van der Waals surface area contributed by atoms with Gasteiger partial charge in [-0.25, -0.2) is 9.59 Å². The molecule has 3 rings (SSSR count). The van der Waals surface area contributed by atoms with Crippen LogP contribution in [0.25, 0.3) is 11.1 Å². The van der Waals surface area contributed by atoms with Crippen molar-refractivity contribution in [2.75, 3.05) is 19.2 Å². The van der Waals surface area contributed by atoms with Gasteiger partial charge in [0.1, 0.15) is 0 Å². The molecule has 0 fully saturated rings. The Morgan fingerprint density at radius 2 is 1.76 bits per heavy atom. The number of ether oxygens (including phenoxy) is 2. The minimum Gasteiger partial charge on any atom is -0.467 e. The van der Waals surface area contributed by atoms with E-state index in [1.807, 2.05) is 36.7 Å². The minimum atomic E-state index is -0.818. The number of nitrogens with zero attached hydrogens (tertiary/aromatic N) is 2. The van der Waals surface area contributed by atoms with Gasteiger partial charge in [0.05, 0.1) is 30.5 Å². The molecule has 21 heavy (non-hydrogen) atoms. The zero-order valence-corrected chi connectivity index (χ0v) is 12.3. The number of esters is 2. The van der Waals surface area contributed by atoms with Crippen molar-refractivity contribution in [3.63, 3.8) is 0 Å². The van der Waals surface area contributed by atoms with Crippen LogP contribution < -0.4 is 15.7 Å². The molecule has 0 aliphatic carbocycles. The van der Waals surface area contributed by atoms with Crippen LogP contribution in [0, 0.1) is 0 Å². The second-order valence-electron chi connectivity index (χ2n) is 5.06. The van der Waals surface area contributed by atoms with Crippen molar-refractivity contribution >= 4 is 23.1 Å². The second-order valence-corrected chi connectivity index (χ2v) is 5.06. The van der Waals surface area contributed by atoms with Crippen LogP contribution in [-0.2, 0) is 19.1 Å². The van der Waals surface area contributed by atoms with Crippen molar-refractivity contribution < 1.29 is 19.1 Å². The van der Waals surface area contributed by atoms with Crippen molar-refractivity contribution in [1.29, 1.82) is 0 Å². The van der Waals surface area contributed by atoms with Gasteiger partial charge in [0.2, 0.25) is 0 Å². The summed E-state index contributed by atoms with van der Waals surface area (Å²) < 4.78 is 11.6. The molecule has 0 aromatic carbocycles. The van der Waals surface area contributed by atoms with Crippen molar-refractivity contribution in [2.24, 2.45) is 0 Å². The standard InChI is InChI=1S/C15H16N2O4/c1-8-7-9(2)16-13(15(19)21-4)12(14(18)20-3)11-6-5-10(8)17(11)16/h5-7,13H,1-4H3. The van der Waals surface area contributed by atoms with Gasteiger partial charge in [-0.1, -0.05) is 0 Å². The number of rotatable bonds is 2. The van der Waals surface area contributed by atoms with Crippen LogP contribution in [0.3, 0.4) is 0 Å². The number of methoxy groups -OCH3 is 2. The maximum atomic E-state index is 12.2. The third kappa shape index (κ3) is 1.65. The lowest BCUT2D eigenvalue weighted by Crippen LogP contribution is -2.50. The van der Waals surface area contributed by atoms with Gasteiger partial charge in [0.25, 0.3) is 0 Å². The van der Waals surface area contributed by atoms with Crippen LogP contribution in [-0.4, -0.2) is 36.9 Å². The van der Waals surface area contributed by atoms with E-state index in [0.717, 1.165) is 16.6 Å². The summed E-state index contributed by atoms with van der Waals surface area (Å²) in [7, 11) is 2.62. The molecular weight excluding hydrogens is 272 g/mol. The van der Waals surface area contributed by atoms with E-state index in [0.29, 0.717) is 10.9 Å².